The third kappa shape index (κ3) is 11.5. The lowest BCUT2D eigenvalue weighted by Crippen LogP contribution is -2.54. The number of aliphatic hydroxyl groups excluding tert-OH is 1. The van der Waals surface area contributed by atoms with Crippen molar-refractivity contribution in [2.24, 2.45) is 11.8 Å². The van der Waals surface area contributed by atoms with Crippen LogP contribution in [0.15, 0.2) is 78.9 Å². The van der Waals surface area contributed by atoms with E-state index in [2.05, 4.69) is 21.3 Å². The summed E-state index contributed by atoms with van der Waals surface area (Å²) in [6.07, 6.45) is 1.46. The molecule has 5 N–H and O–H groups in total. The highest BCUT2D eigenvalue weighted by Crippen LogP contribution is 2.22. The van der Waals surface area contributed by atoms with Crippen LogP contribution in [0.5, 0.6) is 0 Å². The van der Waals surface area contributed by atoms with E-state index in [1.54, 1.807) is 6.92 Å². The van der Waals surface area contributed by atoms with Gasteiger partial charge in [-0.1, -0.05) is 81.4 Å². The predicted molar refractivity (Wildman–Crippen MR) is 189 cm³/mol. The highest BCUT2D eigenvalue weighted by atomic mass is 32.2. The summed E-state index contributed by atoms with van der Waals surface area (Å²) in [7, 11) is -2.36. The van der Waals surface area contributed by atoms with Crippen LogP contribution in [0.25, 0.3) is 0 Å². The molecule has 48 heavy (non-hydrogen) atoms. The zero-order valence-corrected chi connectivity index (χ0v) is 29.4. The minimum absolute atomic E-state index is 0.0912. The van der Waals surface area contributed by atoms with Crippen LogP contribution >= 0.6 is 0 Å². The minimum atomic E-state index is -3.72. The van der Waals surface area contributed by atoms with E-state index in [1.165, 1.54) is 25.2 Å². The Morgan fingerprint density at radius 1 is 0.812 bits per heavy atom. The van der Waals surface area contributed by atoms with Gasteiger partial charge in [0.05, 0.1) is 24.0 Å². The number of nitrogens with one attached hydrogen (secondary N) is 4. The van der Waals surface area contributed by atoms with E-state index in [9.17, 15) is 27.9 Å². The molecule has 260 valence electrons. The van der Waals surface area contributed by atoms with E-state index in [4.69, 9.17) is 0 Å². The van der Waals surface area contributed by atoms with Crippen LogP contribution in [0.2, 0.25) is 0 Å². The third-order valence-electron chi connectivity index (χ3n) is 8.02. The van der Waals surface area contributed by atoms with Crippen LogP contribution in [0.1, 0.15) is 65.6 Å². The molecule has 0 unspecified atom stereocenters. The molecule has 0 aromatic heterocycles. The van der Waals surface area contributed by atoms with Crippen molar-refractivity contribution in [3.8, 4) is 0 Å². The number of carbonyl (C=O) groups excluding carboxylic acids is 3. The van der Waals surface area contributed by atoms with E-state index in [1.807, 2.05) is 81.4 Å². The molecule has 0 fully saturated rings. The van der Waals surface area contributed by atoms with Crippen molar-refractivity contribution in [3.05, 3.63) is 101 Å². The van der Waals surface area contributed by atoms with E-state index in [0.717, 1.165) is 21.7 Å². The second-order valence-electron chi connectivity index (χ2n) is 12.6. The zero-order chi connectivity index (χ0) is 35.4. The number of nitrogens with zero attached hydrogens (tertiary/aromatic N) is 1. The quantitative estimate of drug-likeness (QED) is 0.147. The molecule has 0 aliphatic carbocycles. The topological polar surface area (TPSA) is 157 Å². The summed E-state index contributed by atoms with van der Waals surface area (Å²) in [6.45, 7) is 8.05. The lowest BCUT2D eigenvalue weighted by Gasteiger charge is -2.27. The van der Waals surface area contributed by atoms with E-state index < -0.39 is 39.8 Å². The van der Waals surface area contributed by atoms with Crippen molar-refractivity contribution >= 4 is 33.4 Å². The van der Waals surface area contributed by atoms with Gasteiger partial charge in [0.2, 0.25) is 15.9 Å². The maximum atomic E-state index is 13.9. The number of anilines is 1. The lowest BCUT2D eigenvalue weighted by molar-refractivity contribution is -0.124. The summed E-state index contributed by atoms with van der Waals surface area (Å²) < 4.78 is 26.0. The number of hydrogen-bond donors (Lipinski definition) is 5. The normalized spacial score (nSPS) is 14.0. The number of amides is 3. The molecule has 3 amide bonds. The predicted octanol–water partition coefficient (Wildman–Crippen LogP) is 3.27. The number of hydrogen-bond acceptors (Lipinski definition) is 7. The molecule has 0 aliphatic heterocycles. The first-order valence-corrected chi connectivity index (χ1v) is 18.0. The van der Waals surface area contributed by atoms with Gasteiger partial charge in [0.25, 0.3) is 11.8 Å². The highest BCUT2D eigenvalue weighted by Gasteiger charge is 2.27. The molecule has 11 nitrogen and oxygen atoms in total. The molecular weight excluding hydrogens is 630 g/mol. The molecule has 0 spiro atoms. The Kier molecular flexibility index (Phi) is 14.1. The van der Waals surface area contributed by atoms with E-state index in [-0.39, 0.29) is 47.8 Å². The van der Waals surface area contributed by atoms with Gasteiger partial charge in [0.1, 0.15) is 0 Å². The highest BCUT2D eigenvalue weighted by molar-refractivity contribution is 7.92. The summed E-state index contributed by atoms with van der Waals surface area (Å²) >= 11 is 0. The molecule has 0 saturated carbocycles. The van der Waals surface area contributed by atoms with Crippen molar-refractivity contribution in [1.82, 2.24) is 21.3 Å². The smallest absolute Gasteiger partial charge is 0.251 e. The van der Waals surface area contributed by atoms with Crippen molar-refractivity contribution < 1.29 is 27.9 Å². The van der Waals surface area contributed by atoms with Crippen molar-refractivity contribution in [1.29, 1.82) is 0 Å². The van der Waals surface area contributed by atoms with Crippen molar-refractivity contribution in [2.75, 3.05) is 37.3 Å². The Morgan fingerprint density at radius 2 is 1.38 bits per heavy atom. The molecule has 3 rings (SSSR count). The molecule has 3 aromatic rings. The monoisotopic (exact) mass is 679 g/mol. The van der Waals surface area contributed by atoms with Crippen LogP contribution in [-0.2, 0) is 21.2 Å². The Morgan fingerprint density at radius 3 is 1.92 bits per heavy atom. The third-order valence-corrected chi connectivity index (χ3v) is 9.22. The largest absolute Gasteiger partial charge is 0.396 e. The fraction of sp³-hybridized carbons (Fsp3) is 0.417. The average Bonchev–Trinajstić information content (AvgIpc) is 3.06. The Bertz CT molecular complexity index is 1620. The van der Waals surface area contributed by atoms with Crippen molar-refractivity contribution in [3.63, 3.8) is 0 Å². The van der Waals surface area contributed by atoms with Gasteiger partial charge in [-0.25, -0.2) is 8.42 Å². The second-order valence-corrected chi connectivity index (χ2v) is 14.7. The fourth-order valence-electron chi connectivity index (χ4n) is 5.03. The van der Waals surface area contributed by atoms with Gasteiger partial charge in [-0.3, -0.25) is 18.7 Å². The van der Waals surface area contributed by atoms with Crippen LogP contribution in [-0.4, -0.2) is 76.3 Å². The molecule has 4 atom stereocenters. The average molecular weight is 680 g/mol. The summed E-state index contributed by atoms with van der Waals surface area (Å²) in [5, 5.41) is 22.0. The lowest BCUT2D eigenvalue weighted by atomic mass is 10.00. The molecule has 0 radical (unpaired) electrons. The Labute approximate surface area is 284 Å². The number of aliphatic hydroxyl groups is 1. The summed E-state index contributed by atoms with van der Waals surface area (Å²) in [4.78, 5) is 40.4. The number of benzene rings is 3. The summed E-state index contributed by atoms with van der Waals surface area (Å²) in [5.41, 5.74) is 2.19. The van der Waals surface area contributed by atoms with Crippen LogP contribution in [0.3, 0.4) is 0 Å². The van der Waals surface area contributed by atoms with Crippen LogP contribution in [0.4, 0.5) is 5.69 Å². The number of carbonyl (C=O) groups is 3. The molecule has 3 aromatic carbocycles. The molecule has 12 heteroatoms. The van der Waals surface area contributed by atoms with Crippen molar-refractivity contribution in [2.45, 2.75) is 52.2 Å². The fourth-order valence-corrected chi connectivity index (χ4v) is 5.52. The molecule has 0 heterocycles. The molecule has 0 bridgehead atoms. The Balaban J connectivity index is 1.92. The van der Waals surface area contributed by atoms with Gasteiger partial charge in [-0.05, 0) is 48.6 Å². The molecule has 0 saturated heterocycles. The summed E-state index contributed by atoms with van der Waals surface area (Å²) in [6, 6.07) is 21.7. The Hall–Kier alpha value is -4.26. The number of sulfonamides is 1. The SMILES string of the molecule is CC(C)CNC(=O)[C@@H](NC[C@H](Cc1ccccc1)NC(=O)c1cc(C(=O)N[C@H](C)c2ccccc2)cc(N(C)S(C)(=O)=O)c1)[C@H](C)CO. The number of rotatable bonds is 17. The molecule has 0 aliphatic rings. The first-order chi connectivity index (χ1) is 22.7. The standard InChI is InChI=1S/C36H49N5O6S/c1-24(2)21-38-36(45)33(25(3)23-42)37-22-31(17-27-13-9-7-10-14-27)40-35(44)30-18-29(19-32(20-30)41(5)48(6,46)47)34(43)39-26(4)28-15-11-8-12-16-28/h7-16,18-20,24-26,31,33,37,42H,17,21-23H2,1-6H3,(H,38,45)(H,39,43)(H,40,44)/t25-,26-,31+,33+/m1/s1. The van der Waals surface area contributed by atoms with Gasteiger partial charge in [-0.2, -0.15) is 0 Å². The maximum absolute atomic E-state index is 13.9. The van der Waals surface area contributed by atoms with Gasteiger partial charge < -0.3 is 26.4 Å². The van der Waals surface area contributed by atoms with Crippen LogP contribution < -0.4 is 25.6 Å². The van der Waals surface area contributed by atoms with E-state index >= 15 is 0 Å². The van der Waals surface area contributed by atoms with Gasteiger partial charge >= 0.3 is 0 Å². The minimum Gasteiger partial charge on any atom is -0.396 e. The van der Waals surface area contributed by atoms with Gasteiger partial charge in [0.15, 0.2) is 0 Å². The van der Waals surface area contributed by atoms with Gasteiger partial charge in [-0.15, -0.1) is 0 Å². The summed E-state index contributed by atoms with van der Waals surface area (Å²) in [5.74, 6) is -1.39. The van der Waals surface area contributed by atoms with E-state index in [0.29, 0.717) is 13.0 Å². The zero-order valence-electron chi connectivity index (χ0n) is 28.6. The van der Waals surface area contributed by atoms with Crippen LogP contribution in [0, 0.1) is 11.8 Å². The van der Waals surface area contributed by atoms with Gasteiger partial charge in [0, 0.05) is 49.8 Å². The first kappa shape index (κ1) is 38.2. The maximum Gasteiger partial charge on any atom is 0.251 e. The second kappa shape index (κ2) is 17.8. The first-order valence-electron chi connectivity index (χ1n) is 16.1. The molecular formula is C36H49N5O6S.